The summed E-state index contributed by atoms with van der Waals surface area (Å²) in [5.74, 6) is 1.05. The van der Waals surface area contributed by atoms with Crippen molar-refractivity contribution in [1.82, 2.24) is 59.0 Å². The molecule has 59 heavy (non-hydrogen) atoms. The molecule has 22 nitrogen and oxygen atoms in total. The minimum atomic E-state index is -1.44. The van der Waals surface area contributed by atoms with Crippen LogP contribution in [0.25, 0.3) is 11.9 Å². The van der Waals surface area contributed by atoms with Crippen molar-refractivity contribution >= 4 is 50.7 Å². The van der Waals surface area contributed by atoms with Gasteiger partial charge < -0.3 is 28.3 Å². The van der Waals surface area contributed by atoms with Gasteiger partial charge in [0, 0.05) is 101 Å². The van der Waals surface area contributed by atoms with Gasteiger partial charge in [0.1, 0.15) is 12.7 Å². The van der Waals surface area contributed by atoms with Gasteiger partial charge in [0.15, 0.2) is 12.6 Å². The van der Waals surface area contributed by atoms with Crippen LogP contribution in [0.5, 0.6) is 0 Å². The fourth-order valence-corrected chi connectivity index (χ4v) is 2.84. The molecule has 6 rings (SSSR count). The van der Waals surface area contributed by atoms with Crippen molar-refractivity contribution in [3.05, 3.63) is 120 Å². The van der Waals surface area contributed by atoms with Crippen molar-refractivity contribution in [2.75, 3.05) is 7.11 Å². The molecule has 0 unspecified atom stereocenters. The van der Waals surface area contributed by atoms with Gasteiger partial charge in [-0.2, -0.15) is 0 Å². The van der Waals surface area contributed by atoms with Gasteiger partial charge in [-0.1, -0.05) is 14.9 Å². The van der Waals surface area contributed by atoms with E-state index in [0.717, 1.165) is 7.11 Å². The second-order valence-corrected chi connectivity index (χ2v) is 8.97. The number of hydrogen-bond acceptors (Lipinski definition) is 20. The Morgan fingerprint density at radius 1 is 0.678 bits per heavy atom. The van der Waals surface area contributed by atoms with Crippen molar-refractivity contribution in [3.8, 4) is 11.9 Å². The maximum atomic E-state index is 10.3. The van der Waals surface area contributed by atoms with Crippen molar-refractivity contribution in [2.24, 2.45) is 0 Å². The predicted molar refractivity (Wildman–Crippen MR) is 193 cm³/mol. The number of aliphatic hydroxyl groups excluding tert-OH is 3. The standard InChI is InChI=1S/C8H8N4O.C8H6N4O.C5H5ClN2O.C5H3ClN2O.CH2O3.CH4O.2CH4.B.2K.Mn.Na.2O.2H/c2*13-5-7-3-10-8(11-4-7)12-2-1-9-6-12;2*6-5-7-1-4(3-9)2-8-5;2-1-4-3;1-2;;;;;;;;;;;/h1-4,6,13H,5H2;1-6H;1-2,9H,3H2;1-3H;1,3H;2H,1H3;2*1H4;;;;;;;;;/q;;;;;;;;;2*+1;;+1;;;2*-1/p-1. The molecule has 0 saturated carbocycles. The molecule has 0 amide bonds. The fraction of sp³-hybridized carbons (Fsp3) is 0.167. The average molecular weight is 964 g/mol. The molecule has 0 aliphatic carbocycles. The molecule has 304 valence electrons. The van der Waals surface area contributed by atoms with Gasteiger partial charge in [-0.3, -0.25) is 23.5 Å². The van der Waals surface area contributed by atoms with Gasteiger partial charge in [-0.25, -0.2) is 49.8 Å². The van der Waals surface area contributed by atoms with Gasteiger partial charge in [0.25, 0.3) is 6.47 Å². The summed E-state index contributed by atoms with van der Waals surface area (Å²) in [6.45, 7) is -0.263. The number of aromatic nitrogens is 12. The van der Waals surface area contributed by atoms with Gasteiger partial charge in [-0.15, -0.1) is 0 Å². The maximum absolute atomic E-state index is 10.3. The van der Waals surface area contributed by atoms with Crippen LogP contribution in [0.2, 0.25) is 10.6 Å². The van der Waals surface area contributed by atoms with Crippen LogP contribution in [0.15, 0.2) is 87.0 Å². The van der Waals surface area contributed by atoms with Crippen LogP contribution in [0, 0.1) is 0 Å². The van der Waals surface area contributed by atoms with Gasteiger partial charge in [0.2, 0.25) is 22.5 Å². The molecule has 0 aliphatic rings. The summed E-state index contributed by atoms with van der Waals surface area (Å²) in [4.78, 5) is 69.7. The van der Waals surface area contributed by atoms with Crippen LogP contribution < -0.4 is 138 Å². The van der Waals surface area contributed by atoms with Crippen molar-refractivity contribution in [2.45, 2.75) is 28.1 Å². The van der Waals surface area contributed by atoms with E-state index in [1.54, 1.807) is 59.0 Å². The van der Waals surface area contributed by atoms with E-state index in [9.17, 15) is 9.59 Å². The number of hydrogen-bond donors (Lipinski definition) is 3. The molecule has 0 aromatic carbocycles. The second-order valence-electron chi connectivity index (χ2n) is 8.10. The molecule has 3 radical (unpaired) electrons. The molecule has 0 bridgehead atoms. The molecule has 3 N–H and O–H groups in total. The molecule has 6 heterocycles. The van der Waals surface area contributed by atoms with E-state index >= 15 is 0 Å². The number of carbonyl (C=O) groups is 3. The summed E-state index contributed by atoms with van der Waals surface area (Å²) < 4.78 is 20.2. The Morgan fingerprint density at radius 2 is 0.949 bits per heavy atom. The van der Waals surface area contributed by atoms with Crippen molar-refractivity contribution in [1.29, 1.82) is 0 Å². The zero-order valence-corrected chi connectivity index (χ0v) is 41.4. The molecular formula is C30H37BCl2K2MnN12NaO10. The average Bonchev–Trinajstić information content (AvgIpc) is 3.97. The van der Waals surface area contributed by atoms with E-state index < -0.39 is 14.8 Å². The molecule has 6 aromatic rings. The van der Waals surface area contributed by atoms with Crippen molar-refractivity contribution in [3.63, 3.8) is 0 Å². The van der Waals surface area contributed by atoms with E-state index in [0.29, 0.717) is 46.7 Å². The Morgan fingerprint density at radius 3 is 1.20 bits per heavy atom. The minimum absolute atomic E-state index is 0. The molecule has 6 aromatic heterocycles. The molecule has 0 atom stereocenters. The Hall–Kier alpha value is -1.57. The van der Waals surface area contributed by atoms with E-state index in [-0.39, 0.29) is 189 Å². The summed E-state index contributed by atoms with van der Waals surface area (Å²) in [5.41, 5.74) is 2.26. The molecular weight excluding hydrogens is 926 g/mol. The first-order valence-corrected chi connectivity index (χ1v) is 15.2. The van der Waals surface area contributed by atoms with Crippen LogP contribution >= 0.6 is 23.2 Å². The topological polar surface area (TPSA) is 317 Å². The predicted octanol–water partition coefficient (Wildman–Crippen LogP) is -7.87. The number of imidazole rings is 2. The summed E-state index contributed by atoms with van der Waals surface area (Å²) in [5, 5.41) is 33.1. The van der Waals surface area contributed by atoms with E-state index in [1.807, 2.05) is 0 Å². The van der Waals surface area contributed by atoms with Crippen molar-refractivity contribution < 1.29 is 198 Å². The van der Waals surface area contributed by atoms with Gasteiger partial charge in [-0.05, 0) is 23.2 Å². The summed E-state index contributed by atoms with van der Waals surface area (Å²) >= 11 is 9.26. The first-order chi connectivity index (χ1) is 25.8. The summed E-state index contributed by atoms with van der Waals surface area (Å²) in [6.07, 6.45) is 23.2. The van der Waals surface area contributed by atoms with Crippen LogP contribution in [0.1, 0.15) is 49.5 Å². The zero-order chi connectivity index (χ0) is 39.7. The first-order valence-electron chi connectivity index (χ1n) is 13.5. The Bertz CT molecular complexity index is 1880. The number of aliphatic hydroxyl groups is 3. The third-order valence-electron chi connectivity index (χ3n) is 4.81. The SMILES string of the molecule is C.C.CO.O=CO[O-].O=Cc1cnc(-n2ccnc2)nc1.O=Cc1cnc(Cl)nc1.OCc1cnc(-n2ccnc2)nc1.OCc1cnc(Cl)nc1.[B].[H-].[H-].[K+].[K+].[Na+].[O]=[Mn]=[O]. The monoisotopic (exact) mass is 962 g/mol. The molecule has 0 fully saturated rings. The second kappa shape index (κ2) is 49.1. The molecule has 29 heteroatoms. The fourth-order valence-electron chi connectivity index (χ4n) is 2.65. The Balaban J connectivity index is -0.0000000768. The van der Waals surface area contributed by atoms with Crippen LogP contribution in [0.4, 0.5) is 0 Å². The van der Waals surface area contributed by atoms with Gasteiger partial charge in [0.05, 0.1) is 24.3 Å². The van der Waals surface area contributed by atoms with Crippen LogP contribution in [0.3, 0.4) is 0 Å². The third-order valence-corrected chi connectivity index (χ3v) is 5.20. The summed E-state index contributed by atoms with van der Waals surface area (Å²) in [6, 6.07) is 0. The molecule has 0 saturated heterocycles. The molecule has 0 spiro atoms. The van der Waals surface area contributed by atoms with E-state index in [2.05, 4.69) is 54.7 Å². The Labute approximate surface area is 467 Å². The quantitative estimate of drug-likeness (QED) is 0.0440. The van der Waals surface area contributed by atoms with Gasteiger partial charge >= 0.3 is 155 Å². The Kier molecular flexibility index (Phi) is 59.8. The number of nitrogens with zero attached hydrogens (tertiary/aromatic N) is 12. The van der Waals surface area contributed by atoms with E-state index in [1.165, 1.54) is 37.2 Å². The zero-order valence-electron chi connectivity index (χ0n) is 32.5. The van der Waals surface area contributed by atoms with E-state index in [4.69, 9.17) is 56.2 Å². The van der Waals surface area contributed by atoms with Crippen LogP contribution in [-0.4, -0.2) is 109 Å². The normalized spacial score (nSPS) is 7.92. The number of carbonyl (C=O) groups excluding carboxylic acids is 3. The summed E-state index contributed by atoms with van der Waals surface area (Å²) in [7, 11) is 1.00. The first kappa shape index (κ1) is 71.9. The number of halogens is 2. The third kappa shape index (κ3) is 34.7. The number of aldehydes is 2. The number of rotatable bonds is 7. The van der Waals surface area contributed by atoms with Crippen LogP contribution in [-0.2, 0) is 45.4 Å². The molecule has 0 aliphatic heterocycles.